The van der Waals surface area contributed by atoms with E-state index in [0.29, 0.717) is 5.92 Å². The molecule has 6 nitrogen and oxygen atoms in total. The maximum atomic E-state index is 10.8. The molecule has 6 heteroatoms. The summed E-state index contributed by atoms with van der Waals surface area (Å²) in [6.07, 6.45) is 1.66. The third kappa shape index (κ3) is 2.00. The normalized spacial score (nSPS) is 28.2. The van der Waals surface area contributed by atoms with E-state index < -0.39 is 4.92 Å². The fraction of sp³-hybridized carbons (Fsp3) is 0.500. The van der Waals surface area contributed by atoms with Crippen molar-refractivity contribution >= 4 is 11.4 Å². The van der Waals surface area contributed by atoms with Crippen molar-refractivity contribution in [3.05, 3.63) is 33.9 Å². The molecule has 0 spiro atoms. The molecular formula is C14H15N3O3. The molecule has 1 aromatic carbocycles. The predicted molar refractivity (Wildman–Crippen MR) is 72.2 cm³/mol. The number of aliphatic hydroxyl groups excluding tert-OH is 1. The molecule has 1 heterocycles. The van der Waals surface area contributed by atoms with Gasteiger partial charge in [-0.3, -0.25) is 10.1 Å². The Kier molecular flexibility index (Phi) is 3.07. The summed E-state index contributed by atoms with van der Waals surface area (Å²) < 4.78 is 0. The van der Waals surface area contributed by atoms with Crippen LogP contribution in [0.4, 0.5) is 11.4 Å². The molecule has 0 bridgehead atoms. The summed E-state index contributed by atoms with van der Waals surface area (Å²) >= 11 is 0. The molecule has 20 heavy (non-hydrogen) atoms. The number of rotatable bonds is 2. The molecule has 1 saturated carbocycles. The van der Waals surface area contributed by atoms with Gasteiger partial charge in [-0.15, -0.1) is 0 Å². The van der Waals surface area contributed by atoms with Gasteiger partial charge in [-0.1, -0.05) is 0 Å². The fourth-order valence-corrected chi connectivity index (χ4v) is 3.42. The van der Waals surface area contributed by atoms with E-state index >= 15 is 0 Å². The standard InChI is InChI=1S/C14H15N3O3/c15-6-10-5-11(2-3-13(10)17(19)20)16-7-9-1-4-14(18)12(9)8-16/h2-3,5,9,12,14,18H,1,4,7-8H2. The van der Waals surface area contributed by atoms with Crippen molar-refractivity contribution < 1.29 is 10.0 Å². The van der Waals surface area contributed by atoms with Gasteiger partial charge in [0.1, 0.15) is 11.6 Å². The largest absolute Gasteiger partial charge is 0.393 e. The first kappa shape index (κ1) is 12.9. The molecule has 2 aliphatic rings. The lowest BCUT2D eigenvalue weighted by Crippen LogP contribution is -2.24. The third-order valence-corrected chi connectivity index (χ3v) is 4.48. The Balaban J connectivity index is 1.86. The Hall–Kier alpha value is -2.13. The first-order valence-corrected chi connectivity index (χ1v) is 6.71. The Labute approximate surface area is 116 Å². The zero-order valence-corrected chi connectivity index (χ0v) is 10.9. The zero-order valence-electron chi connectivity index (χ0n) is 10.9. The quantitative estimate of drug-likeness (QED) is 0.654. The van der Waals surface area contributed by atoms with Crippen molar-refractivity contribution in [1.82, 2.24) is 0 Å². The van der Waals surface area contributed by atoms with E-state index in [4.69, 9.17) is 5.26 Å². The van der Waals surface area contributed by atoms with Crippen LogP contribution in [0.1, 0.15) is 18.4 Å². The van der Waals surface area contributed by atoms with Gasteiger partial charge in [0.25, 0.3) is 5.69 Å². The molecule has 1 saturated heterocycles. The summed E-state index contributed by atoms with van der Waals surface area (Å²) in [6.45, 7) is 1.61. The van der Waals surface area contributed by atoms with Gasteiger partial charge in [0.05, 0.1) is 11.0 Å². The topological polar surface area (TPSA) is 90.4 Å². The lowest BCUT2D eigenvalue weighted by Gasteiger charge is -2.20. The van der Waals surface area contributed by atoms with E-state index in [1.54, 1.807) is 12.1 Å². The number of hydrogen-bond acceptors (Lipinski definition) is 5. The number of hydrogen-bond donors (Lipinski definition) is 1. The highest BCUT2D eigenvalue weighted by atomic mass is 16.6. The number of benzene rings is 1. The molecule has 0 radical (unpaired) electrons. The number of fused-ring (bicyclic) bond motifs is 1. The van der Waals surface area contributed by atoms with Gasteiger partial charge in [-0.2, -0.15) is 5.26 Å². The van der Waals surface area contributed by atoms with E-state index in [1.165, 1.54) is 6.07 Å². The second-order valence-electron chi connectivity index (χ2n) is 5.54. The molecule has 2 fully saturated rings. The molecule has 104 valence electrons. The predicted octanol–water partition coefficient (Wildman–Crippen LogP) is 1.67. The molecule has 0 amide bonds. The van der Waals surface area contributed by atoms with E-state index in [1.807, 2.05) is 6.07 Å². The summed E-state index contributed by atoms with van der Waals surface area (Å²) in [5.74, 6) is 0.779. The average Bonchev–Trinajstić information content (AvgIpc) is 3.00. The van der Waals surface area contributed by atoms with Gasteiger partial charge < -0.3 is 10.0 Å². The Bertz CT molecular complexity index is 596. The summed E-state index contributed by atoms with van der Waals surface area (Å²) in [6, 6.07) is 6.53. The molecule has 1 N–H and O–H groups in total. The van der Waals surface area contributed by atoms with Crippen LogP contribution >= 0.6 is 0 Å². The summed E-state index contributed by atoms with van der Waals surface area (Å²) in [4.78, 5) is 12.4. The summed E-state index contributed by atoms with van der Waals surface area (Å²) in [7, 11) is 0. The summed E-state index contributed by atoms with van der Waals surface area (Å²) in [5, 5.41) is 29.8. The average molecular weight is 273 g/mol. The minimum atomic E-state index is -0.537. The van der Waals surface area contributed by atoms with E-state index in [2.05, 4.69) is 4.90 Å². The third-order valence-electron chi connectivity index (χ3n) is 4.48. The number of nitro benzene ring substituents is 1. The van der Waals surface area contributed by atoms with Gasteiger partial charge >= 0.3 is 0 Å². The van der Waals surface area contributed by atoms with Crippen LogP contribution in [0.15, 0.2) is 18.2 Å². The van der Waals surface area contributed by atoms with Crippen LogP contribution < -0.4 is 4.90 Å². The second-order valence-corrected chi connectivity index (χ2v) is 5.54. The first-order valence-electron chi connectivity index (χ1n) is 6.71. The molecule has 1 aliphatic carbocycles. The van der Waals surface area contributed by atoms with Crippen molar-refractivity contribution in [1.29, 1.82) is 5.26 Å². The minimum absolute atomic E-state index is 0.0881. The molecular weight excluding hydrogens is 258 g/mol. The second kappa shape index (κ2) is 4.76. The van der Waals surface area contributed by atoms with E-state index in [-0.39, 0.29) is 23.3 Å². The van der Waals surface area contributed by atoms with Gasteiger partial charge in [0, 0.05) is 30.8 Å². The van der Waals surface area contributed by atoms with Crippen molar-refractivity contribution in [2.24, 2.45) is 11.8 Å². The molecule has 3 rings (SSSR count). The molecule has 3 atom stereocenters. The maximum absolute atomic E-state index is 10.8. The molecule has 1 aromatic rings. The molecule has 3 unspecified atom stereocenters. The highest BCUT2D eigenvalue weighted by molar-refractivity contribution is 5.60. The summed E-state index contributed by atoms with van der Waals surface area (Å²) in [5.41, 5.74) is 0.759. The van der Waals surface area contributed by atoms with Gasteiger partial charge in [-0.05, 0) is 30.9 Å². The number of aliphatic hydroxyl groups is 1. The Morgan fingerprint density at radius 3 is 2.85 bits per heavy atom. The van der Waals surface area contributed by atoms with Crippen molar-refractivity contribution in [3.63, 3.8) is 0 Å². The van der Waals surface area contributed by atoms with Crippen LogP contribution in [0.2, 0.25) is 0 Å². The van der Waals surface area contributed by atoms with Crippen molar-refractivity contribution in [3.8, 4) is 6.07 Å². The Morgan fingerprint density at radius 2 is 2.20 bits per heavy atom. The lowest BCUT2D eigenvalue weighted by molar-refractivity contribution is -0.385. The highest BCUT2D eigenvalue weighted by Gasteiger charge is 2.42. The number of anilines is 1. The van der Waals surface area contributed by atoms with Gasteiger partial charge in [0.2, 0.25) is 0 Å². The van der Waals surface area contributed by atoms with Crippen LogP contribution in [0.3, 0.4) is 0 Å². The van der Waals surface area contributed by atoms with E-state index in [9.17, 15) is 15.2 Å². The first-order chi connectivity index (χ1) is 9.60. The highest BCUT2D eigenvalue weighted by Crippen LogP contribution is 2.40. The lowest BCUT2D eigenvalue weighted by atomic mass is 10.00. The van der Waals surface area contributed by atoms with Crippen LogP contribution in [0, 0.1) is 33.3 Å². The number of nitro groups is 1. The Morgan fingerprint density at radius 1 is 1.40 bits per heavy atom. The molecule has 1 aliphatic heterocycles. The zero-order chi connectivity index (χ0) is 14.3. The van der Waals surface area contributed by atoms with Crippen molar-refractivity contribution in [2.45, 2.75) is 18.9 Å². The van der Waals surface area contributed by atoms with Crippen LogP contribution in [0.5, 0.6) is 0 Å². The van der Waals surface area contributed by atoms with E-state index in [0.717, 1.165) is 31.6 Å². The van der Waals surface area contributed by atoms with Crippen molar-refractivity contribution in [2.75, 3.05) is 18.0 Å². The minimum Gasteiger partial charge on any atom is -0.393 e. The van der Waals surface area contributed by atoms with Crippen LogP contribution in [0.25, 0.3) is 0 Å². The number of nitriles is 1. The SMILES string of the molecule is N#Cc1cc(N2CC3CCC(O)C3C2)ccc1[N+](=O)[O-]. The maximum Gasteiger partial charge on any atom is 0.287 e. The van der Waals surface area contributed by atoms with Crippen LogP contribution in [-0.2, 0) is 0 Å². The smallest absolute Gasteiger partial charge is 0.287 e. The van der Waals surface area contributed by atoms with Crippen LogP contribution in [-0.4, -0.2) is 29.2 Å². The monoisotopic (exact) mass is 273 g/mol. The van der Waals surface area contributed by atoms with Gasteiger partial charge in [0.15, 0.2) is 0 Å². The molecule has 0 aromatic heterocycles. The van der Waals surface area contributed by atoms with Gasteiger partial charge in [-0.25, -0.2) is 0 Å². The number of nitrogens with zero attached hydrogens (tertiary/aromatic N) is 3. The fourth-order valence-electron chi connectivity index (χ4n) is 3.42.